The summed E-state index contributed by atoms with van der Waals surface area (Å²) in [6.45, 7) is 0. The normalized spacial score (nSPS) is 11.6. The van der Waals surface area contributed by atoms with Crippen molar-refractivity contribution >= 4 is 29.4 Å². The minimum Gasteiger partial charge on any atom is -0.480 e. The summed E-state index contributed by atoms with van der Waals surface area (Å²) in [6.07, 6.45) is -0.498. The van der Waals surface area contributed by atoms with E-state index in [1.807, 2.05) is 0 Å². The van der Waals surface area contributed by atoms with E-state index in [9.17, 15) is 14.4 Å². The molecule has 1 rings (SSSR count). The van der Waals surface area contributed by atoms with Gasteiger partial charge < -0.3 is 16.2 Å². The summed E-state index contributed by atoms with van der Waals surface area (Å²) in [5.41, 5.74) is 4.84. The molecule has 0 saturated heterocycles. The highest BCUT2D eigenvalue weighted by atomic mass is 35.5. The van der Waals surface area contributed by atoms with Crippen molar-refractivity contribution in [2.75, 3.05) is 0 Å². The SMILES string of the molecule is NC(=O)C[C@H](NC(=O)c1cccc(Cl)n1)C(=O)O. The van der Waals surface area contributed by atoms with Crippen LogP contribution in [0.25, 0.3) is 0 Å². The van der Waals surface area contributed by atoms with Gasteiger partial charge in [-0.05, 0) is 12.1 Å². The second-order valence-electron chi connectivity index (χ2n) is 3.38. The van der Waals surface area contributed by atoms with Crippen molar-refractivity contribution in [2.45, 2.75) is 12.5 Å². The third-order valence-corrected chi connectivity index (χ3v) is 2.17. The van der Waals surface area contributed by atoms with Gasteiger partial charge in [-0.25, -0.2) is 9.78 Å². The number of carbonyl (C=O) groups excluding carboxylic acids is 2. The molecular weight excluding hydrogens is 262 g/mol. The van der Waals surface area contributed by atoms with Crippen molar-refractivity contribution in [1.82, 2.24) is 10.3 Å². The molecule has 96 valence electrons. The highest BCUT2D eigenvalue weighted by Gasteiger charge is 2.23. The molecule has 0 fully saturated rings. The van der Waals surface area contributed by atoms with Crippen molar-refractivity contribution in [3.63, 3.8) is 0 Å². The van der Waals surface area contributed by atoms with E-state index in [0.717, 1.165) is 0 Å². The lowest BCUT2D eigenvalue weighted by atomic mass is 10.2. The summed E-state index contributed by atoms with van der Waals surface area (Å²) in [4.78, 5) is 36.8. The Morgan fingerprint density at radius 3 is 2.61 bits per heavy atom. The molecule has 4 N–H and O–H groups in total. The number of amides is 2. The van der Waals surface area contributed by atoms with Crippen LogP contribution in [0.1, 0.15) is 16.9 Å². The third-order valence-electron chi connectivity index (χ3n) is 1.96. The van der Waals surface area contributed by atoms with Crippen LogP contribution < -0.4 is 11.1 Å². The smallest absolute Gasteiger partial charge is 0.326 e. The van der Waals surface area contributed by atoms with Gasteiger partial charge in [0.2, 0.25) is 5.91 Å². The standard InChI is InChI=1S/C10H10ClN3O4/c11-7-3-1-2-5(13-7)9(16)14-6(10(17)18)4-8(12)15/h1-3,6H,4H2,(H2,12,15)(H,14,16)(H,17,18)/t6-/m0/s1. The molecule has 0 spiro atoms. The van der Waals surface area contributed by atoms with Crippen molar-refractivity contribution in [3.05, 3.63) is 29.0 Å². The van der Waals surface area contributed by atoms with Crippen LogP contribution in [-0.4, -0.2) is 33.9 Å². The lowest BCUT2D eigenvalue weighted by molar-refractivity contribution is -0.140. The number of carboxylic acid groups (broad SMARTS) is 1. The maximum atomic E-state index is 11.6. The Morgan fingerprint density at radius 1 is 1.44 bits per heavy atom. The Balaban J connectivity index is 2.78. The fourth-order valence-corrected chi connectivity index (χ4v) is 1.33. The van der Waals surface area contributed by atoms with E-state index in [4.69, 9.17) is 22.4 Å². The topological polar surface area (TPSA) is 122 Å². The first-order valence-electron chi connectivity index (χ1n) is 4.84. The minimum absolute atomic E-state index is 0.0433. The maximum absolute atomic E-state index is 11.6. The van der Waals surface area contributed by atoms with Crippen LogP contribution in [0.4, 0.5) is 0 Å². The number of primary amides is 1. The molecule has 0 saturated carbocycles. The van der Waals surface area contributed by atoms with Gasteiger partial charge in [-0.15, -0.1) is 0 Å². The van der Waals surface area contributed by atoms with Crippen LogP contribution in [-0.2, 0) is 9.59 Å². The van der Waals surface area contributed by atoms with Crippen LogP contribution in [0.3, 0.4) is 0 Å². The fraction of sp³-hybridized carbons (Fsp3) is 0.200. The highest BCUT2D eigenvalue weighted by Crippen LogP contribution is 2.05. The van der Waals surface area contributed by atoms with Crippen molar-refractivity contribution in [3.8, 4) is 0 Å². The van der Waals surface area contributed by atoms with E-state index in [0.29, 0.717) is 0 Å². The molecule has 8 heteroatoms. The van der Waals surface area contributed by atoms with Crippen molar-refractivity contribution in [1.29, 1.82) is 0 Å². The quantitative estimate of drug-likeness (QED) is 0.640. The summed E-state index contributed by atoms with van der Waals surface area (Å²) in [5.74, 6) is -2.93. The lowest BCUT2D eigenvalue weighted by Gasteiger charge is -2.12. The Bertz CT molecular complexity index is 492. The van der Waals surface area contributed by atoms with Gasteiger partial charge in [0.1, 0.15) is 16.9 Å². The molecule has 0 unspecified atom stereocenters. The van der Waals surface area contributed by atoms with E-state index in [1.54, 1.807) is 0 Å². The number of carbonyl (C=O) groups is 3. The van der Waals surface area contributed by atoms with Crippen LogP contribution in [0.2, 0.25) is 5.15 Å². The molecular formula is C10H10ClN3O4. The van der Waals surface area contributed by atoms with E-state index < -0.39 is 30.2 Å². The average molecular weight is 272 g/mol. The Morgan fingerprint density at radius 2 is 2.11 bits per heavy atom. The van der Waals surface area contributed by atoms with Gasteiger partial charge in [-0.3, -0.25) is 9.59 Å². The van der Waals surface area contributed by atoms with Gasteiger partial charge in [0.15, 0.2) is 0 Å². The summed E-state index contributed by atoms with van der Waals surface area (Å²) >= 11 is 5.59. The molecule has 0 aliphatic heterocycles. The molecule has 0 radical (unpaired) electrons. The molecule has 0 aliphatic carbocycles. The number of nitrogens with zero attached hydrogens (tertiary/aromatic N) is 1. The number of aromatic nitrogens is 1. The number of carboxylic acids is 1. The minimum atomic E-state index is -1.39. The zero-order chi connectivity index (χ0) is 13.7. The average Bonchev–Trinajstić information content (AvgIpc) is 2.27. The first kappa shape index (κ1) is 13.9. The Kier molecular flexibility index (Phi) is 4.61. The van der Waals surface area contributed by atoms with Gasteiger partial charge in [0.25, 0.3) is 5.91 Å². The monoisotopic (exact) mass is 271 g/mol. The number of halogens is 1. The molecule has 0 aromatic carbocycles. The van der Waals surface area contributed by atoms with Gasteiger partial charge >= 0.3 is 5.97 Å². The number of hydrogen-bond donors (Lipinski definition) is 3. The summed E-state index contributed by atoms with van der Waals surface area (Å²) < 4.78 is 0. The van der Waals surface area contributed by atoms with Gasteiger partial charge in [0.05, 0.1) is 6.42 Å². The first-order valence-corrected chi connectivity index (χ1v) is 5.22. The predicted octanol–water partition coefficient (Wildman–Crippen LogP) is -0.207. The van der Waals surface area contributed by atoms with Crippen LogP contribution in [0.15, 0.2) is 18.2 Å². The van der Waals surface area contributed by atoms with Gasteiger partial charge in [-0.2, -0.15) is 0 Å². The fourth-order valence-electron chi connectivity index (χ4n) is 1.17. The largest absolute Gasteiger partial charge is 0.480 e. The third kappa shape index (κ3) is 4.02. The summed E-state index contributed by atoms with van der Waals surface area (Å²) in [6, 6.07) is 2.94. The Labute approximate surface area is 107 Å². The second kappa shape index (κ2) is 5.97. The molecule has 7 nitrogen and oxygen atoms in total. The highest BCUT2D eigenvalue weighted by molar-refractivity contribution is 6.29. The molecule has 18 heavy (non-hydrogen) atoms. The number of nitrogens with one attached hydrogen (secondary N) is 1. The molecule has 0 bridgehead atoms. The van der Waals surface area contributed by atoms with Crippen LogP contribution in [0.5, 0.6) is 0 Å². The molecule has 1 aromatic heterocycles. The summed E-state index contributed by atoms with van der Waals surface area (Å²) in [7, 11) is 0. The molecule has 2 amide bonds. The second-order valence-corrected chi connectivity index (χ2v) is 3.77. The molecule has 1 heterocycles. The number of aliphatic carboxylic acids is 1. The van der Waals surface area contributed by atoms with Gasteiger partial charge in [0, 0.05) is 0 Å². The predicted molar refractivity (Wildman–Crippen MR) is 61.9 cm³/mol. The van der Waals surface area contributed by atoms with E-state index >= 15 is 0 Å². The zero-order valence-corrected chi connectivity index (χ0v) is 9.85. The number of pyridine rings is 1. The number of nitrogens with two attached hydrogens (primary N) is 1. The van der Waals surface area contributed by atoms with Gasteiger partial charge in [-0.1, -0.05) is 17.7 Å². The molecule has 1 aromatic rings. The van der Waals surface area contributed by atoms with Crippen molar-refractivity contribution in [2.24, 2.45) is 5.73 Å². The first-order chi connectivity index (χ1) is 8.40. The van der Waals surface area contributed by atoms with Crippen molar-refractivity contribution < 1.29 is 19.5 Å². The van der Waals surface area contributed by atoms with E-state index in [1.165, 1.54) is 18.2 Å². The molecule has 0 aliphatic rings. The number of hydrogen-bond acceptors (Lipinski definition) is 4. The Hall–Kier alpha value is -2.15. The van der Waals surface area contributed by atoms with Crippen LogP contribution in [0, 0.1) is 0 Å². The maximum Gasteiger partial charge on any atom is 0.326 e. The zero-order valence-electron chi connectivity index (χ0n) is 9.09. The molecule has 1 atom stereocenters. The number of rotatable bonds is 5. The summed E-state index contributed by atoms with van der Waals surface area (Å²) in [5, 5.41) is 11.0. The van der Waals surface area contributed by atoms with E-state index in [2.05, 4.69) is 10.3 Å². The van der Waals surface area contributed by atoms with E-state index in [-0.39, 0.29) is 10.8 Å². The lowest BCUT2D eigenvalue weighted by Crippen LogP contribution is -2.43. The van der Waals surface area contributed by atoms with Crippen LogP contribution >= 0.6 is 11.6 Å².